The van der Waals surface area contributed by atoms with E-state index in [2.05, 4.69) is 17.1 Å². The van der Waals surface area contributed by atoms with Crippen LogP contribution in [0.15, 0.2) is 0 Å². The summed E-state index contributed by atoms with van der Waals surface area (Å²) in [4.78, 5) is 14.5. The molecule has 0 aromatic carbocycles. The highest BCUT2D eigenvalue weighted by molar-refractivity contribution is 5.82. The van der Waals surface area contributed by atoms with Crippen LogP contribution in [0.1, 0.15) is 45.4 Å². The number of amides is 1. The third kappa shape index (κ3) is 2.40. The maximum absolute atomic E-state index is 12.3. The second-order valence-electron chi connectivity index (χ2n) is 5.41. The maximum Gasteiger partial charge on any atom is 0.239 e. The van der Waals surface area contributed by atoms with Gasteiger partial charge in [-0.15, -0.1) is 0 Å². The van der Waals surface area contributed by atoms with E-state index in [0.29, 0.717) is 11.9 Å². The van der Waals surface area contributed by atoms with Gasteiger partial charge in [-0.3, -0.25) is 4.79 Å². The number of carbonyl (C=O) groups excluding carboxylic acids is 1. The summed E-state index contributed by atoms with van der Waals surface area (Å²) in [5, 5.41) is 3.16. The number of hydrogen-bond acceptors (Lipinski definition) is 2. The molecule has 1 saturated heterocycles. The van der Waals surface area contributed by atoms with Crippen molar-refractivity contribution in [1.82, 2.24) is 10.2 Å². The molecule has 2 atom stereocenters. The van der Waals surface area contributed by atoms with Gasteiger partial charge in [0.15, 0.2) is 0 Å². The number of rotatable bonds is 3. The van der Waals surface area contributed by atoms with Crippen molar-refractivity contribution in [2.24, 2.45) is 5.92 Å². The molecule has 2 fully saturated rings. The molecule has 0 aromatic heterocycles. The maximum atomic E-state index is 12.3. The molecule has 0 radical (unpaired) electrons. The van der Waals surface area contributed by atoms with Gasteiger partial charge in [-0.05, 0) is 52.0 Å². The molecule has 1 N–H and O–H groups in total. The molecular weight excluding hydrogens is 200 g/mol. The van der Waals surface area contributed by atoms with Gasteiger partial charge >= 0.3 is 0 Å². The average molecular weight is 224 g/mol. The van der Waals surface area contributed by atoms with Gasteiger partial charge in [-0.2, -0.15) is 0 Å². The van der Waals surface area contributed by atoms with E-state index < -0.39 is 0 Å². The Morgan fingerprint density at radius 2 is 1.94 bits per heavy atom. The molecule has 2 unspecified atom stereocenters. The Bertz CT molecular complexity index is 250. The summed E-state index contributed by atoms with van der Waals surface area (Å²) in [5.74, 6) is 1.11. The Morgan fingerprint density at radius 3 is 2.50 bits per heavy atom. The van der Waals surface area contributed by atoms with Gasteiger partial charge < -0.3 is 10.2 Å². The molecule has 3 heteroatoms. The lowest BCUT2D eigenvalue weighted by Gasteiger charge is -2.36. The fourth-order valence-corrected chi connectivity index (χ4v) is 2.81. The van der Waals surface area contributed by atoms with E-state index in [0.717, 1.165) is 25.3 Å². The Hall–Kier alpha value is -0.570. The zero-order valence-corrected chi connectivity index (χ0v) is 10.5. The van der Waals surface area contributed by atoms with E-state index in [9.17, 15) is 4.79 Å². The van der Waals surface area contributed by atoms with Crippen molar-refractivity contribution in [2.75, 3.05) is 13.6 Å². The molecule has 0 bridgehead atoms. The second-order valence-corrected chi connectivity index (χ2v) is 5.41. The lowest BCUT2D eigenvalue weighted by atomic mass is 9.84. The molecule has 0 spiro atoms. The Balaban J connectivity index is 2.00. The van der Waals surface area contributed by atoms with E-state index in [1.165, 1.54) is 25.7 Å². The summed E-state index contributed by atoms with van der Waals surface area (Å²) >= 11 is 0. The minimum absolute atomic E-state index is 0.0602. The summed E-state index contributed by atoms with van der Waals surface area (Å²) in [5.41, 5.74) is 0. The molecule has 1 saturated carbocycles. The quantitative estimate of drug-likeness (QED) is 0.792. The first-order chi connectivity index (χ1) is 7.72. The molecule has 92 valence electrons. The van der Waals surface area contributed by atoms with Crippen molar-refractivity contribution < 1.29 is 4.79 Å². The predicted octanol–water partition coefficient (Wildman–Crippen LogP) is 1.78. The number of likely N-dealkylation sites (N-methyl/N-ethyl adjacent to an activating group) is 1. The van der Waals surface area contributed by atoms with Gasteiger partial charge in [0.2, 0.25) is 5.91 Å². The standard InChI is InChI=1S/C13H24N2O/c1-10-5-3-8-12(14-2)13(16)15(10)9-11-6-4-7-11/h10-12,14H,3-9H2,1-2H3. The first kappa shape index (κ1) is 11.9. The van der Waals surface area contributed by atoms with Crippen molar-refractivity contribution in [1.29, 1.82) is 0 Å². The van der Waals surface area contributed by atoms with Gasteiger partial charge in [0, 0.05) is 12.6 Å². The van der Waals surface area contributed by atoms with Crippen LogP contribution in [0.4, 0.5) is 0 Å². The lowest BCUT2D eigenvalue weighted by Crippen LogP contribution is -2.49. The number of carbonyl (C=O) groups is 1. The lowest BCUT2D eigenvalue weighted by molar-refractivity contribution is -0.135. The minimum Gasteiger partial charge on any atom is -0.338 e. The monoisotopic (exact) mass is 224 g/mol. The van der Waals surface area contributed by atoms with Crippen LogP contribution in [-0.2, 0) is 4.79 Å². The van der Waals surface area contributed by atoms with Crippen molar-refractivity contribution >= 4 is 5.91 Å². The van der Waals surface area contributed by atoms with E-state index in [4.69, 9.17) is 0 Å². The highest BCUT2D eigenvalue weighted by Crippen LogP contribution is 2.29. The fourth-order valence-electron chi connectivity index (χ4n) is 2.81. The van der Waals surface area contributed by atoms with Crippen LogP contribution in [-0.4, -0.2) is 36.5 Å². The average Bonchev–Trinajstić information content (AvgIpc) is 2.33. The molecule has 0 aromatic rings. The Morgan fingerprint density at radius 1 is 1.25 bits per heavy atom. The summed E-state index contributed by atoms with van der Waals surface area (Å²) in [7, 11) is 1.90. The van der Waals surface area contributed by atoms with E-state index in [1.54, 1.807) is 0 Å². The molecule has 3 nitrogen and oxygen atoms in total. The van der Waals surface area contributed by atoms with Gasteiger partial charge in [0.1, 0.15) is 0 Å². The molecule has 1 amide bonds. The van der Waals surface area contributed by atoms with Crippen LogP contribution in [0.25, 0.3) is 0 Å². The summed E-state index contributed by atoms with van der Waals surface area (Å²) in [6.07, 6.45) is 7.33. The first-order valence-corrected chi connectivity index (χ1v) is 6.70. The summed E-state index contributed by atoms with van der Waals surface area (Å²) in [6.45, 7) is 3.20. The number of likely N-dealkylation sites (tertiary alicyclic amines) is 1. The van der Waals surface area contributed by atoms with Crippen molar-refractivity contribution in [3.8, 4) is 0 Å². The topological polar surface area (TPSA) is 32.3 Å². The van der Waals surface area contributed by atoms with Crippen molar-refractivity contribution in [2.45, 2.75) is 57.5 Å². The van der Waals surface area contributed by atoms with Gasteiger partial charge in [0.05, 0.1) is 6.04 Å². The predicted molar refractivity (Wildman–Crippen MR) is 65.2 cm³/mol. The van der Waals surface area contributed by atoms with Crippen LogP contribution in [0.5, 0.6) is 0 Å². The van der Waals surface area contributed by atoms with Gasteiger partial charge in [0.25, 0.3) is 0 Å². The van der Waals surface area contributed by atoms with Crippen molar-refractivity contribution in [3.63, 3.8) is 0 Å². The Labute approximate surface area is 98.6 Å². The van der Waals surface area contributed by atoms with Crippen LogP contribution in [0, 0.1) is 5.92 Å². The number of nitrogens with zero attached hydrogens (tertiary/aromatic N) is 1. The third-order valence-electron chi connectivity index (χ3n) is 4.26. The van der Waals surface area contributed by atoms with E-state index in [-0.39, 0.29) is 6.04 Å². The van der Waals surface area contributed by atoms with Crippen LogP contribution in [0.3, 0.4) is 0 Å². The zero-order chi connectivity index (χ0) is 11.5. The van der Waals surface area contributed by atoms with E-state index >= 15 is 0 Å². The van der Waals surface area contributed by atoms with Gasteiger partial charge in [-0.1, -0.05) is 6.42 Å². The Kier molecular flexibility index (Phi) is 3.85. The first-order valence-electron chi connectivity index (χ1n) is 6.70. The molecule has 1 aliphatic heterocycles. The smallest absolute Gasteiger partial charge is 0.239 e. The molecule has 1 heterocycles. The molecule has 1 aliphatic carbocycles. The van der Waals surface area contributed by atoms with Crippen LogP contribution >= 0.6 is 0 Å². The van der Waals surface area contributed by atoms with Gasteiger partial charge in [-0.25, -0.2) is 0 Å². The molecule has 2 rings (SSSR count). The summed E-state index contributed by atoms with van der Waals surface area (Å²) in [6, 6.07) is 0.497. The highest BCUT2D eigenvalue weighted by Gasteiger charge is 2.32. The molecular formula is C13H24N2O. The highest BCUT2D eigenvalue weighted by atomic mass is 16.2. The number of hydrogen-bond donors (Lipinski definition) is 1. The normalized spacial score (nSPS) is 32.4. The van der Waals surface area contributed by atoms with Crippen molar-refractivity contribution in [3.05, 3.63) is 0 Å². The van der Waals surface area contributed by atoms with Crippen LogP contribution in [0.2, 0.25) is 0 Å². The largest absolute Gasteiger partial charge is 0.338 e. The molecule has 2 aliphatic rings. The minimum atomic E-state index is 0.0602. The fraction of sp³-hybridized carbons (Fsp3) is 0.923. The second kappa shape index (κ2) is 5.17. The third-order valence-corrected chi connectivity index (χ3v) is 4.26. The summed E-state index contributed by atoms with van der Waals surface area (Å²) < 4.78 is 0. The SMILES string of the molecule is CNC1CCCC(C)N(CC2CCC2)C1=O. The number of nitrogens with one attached hydrogen (secondary N) is 1. The van der Waals surface area contributed by atoms with E-state index in [1.807, 2.05) is 7.05 Å². The van der Waals surface area contributed by atoms with Crippen LogP contribution < -0.4 is 5.32 Å². The molecule has 16 heavy (non-hydrogen) atoms. The zero-order valence-electron chi connectivity index (χ0n) is 10.5.